The third-order valence-electron chi connectivity index (χ3n) is 2.72. The molecule has 0 atom stereocenters. The van der Waals surface area contributed by atoms with Crippen molar-refractivity contribution in [2.75, 3.05) is 5.75 Å². The van der Waals surface area contributed by atoms with Crippen LogP contribution in [0.2, 0.25) is 0 Å². The molecule has 0 radical (unpaired) electrons. The first-order valence-corrected chi connectivity index (χ1v) is 7.19. The molecular weight excluding hydrogens is 256 g/mol. The highest BCUT2D eigenvalue weighted by molar-refractivity contribution is 7.90. The number of carbonyl (C=O) groups is 1. The molecule has 0 aliphatic rings. The lowest BCUT2D eigenvalue weighted by atomic mass is 10.1. The van der Waals surface area contributed by atoms with Gasteiger partial charge in [-0.3, -0.25) is 0 Å². The summed E-state index contributed by atoms with van der Waals surface area (Å²) in [5, 5.41) is 9.47. The second kappa shape index (κ2) is 4.45. The first-order valence-electron chi connectivity index (χ1n) is 5.37. The van der Waals surface area contributed by atoms with Gasteiger partial charge in [-0.05, 0) is 18.2 Å². The topological polar surface area (TPSA) is 84.6 Å². The van der Waals surface area contributed by atoms with Crippen LogP contribution in [0.4, 0.5) is 0 Å². The van der Waals surface area contributed by atoms with Crippen LogP contribution >= 0.6 is 0 Å². The van der Waals surface area contributed by atoms with E-state index >= 15 is 0 Å². The third kappa shape index (κ3) is 2.38. The van der Waals surface area contributed by atoms with Crippen molar-refractivity contribution in [3.8, 4) is 0 Å². The minimum absolute atomic E-state index is 0.0624. The summed E-state index contributed by atoms with van der Waals surface area (Å²) >= 11 is 0. The molecule has 6 heteroatoms. The summed E-state index contributed by atoms with van der Waals surface area (Å²) in [6.45, 7) is 1.58. The predicted molar refractivity (Wildman–Crippen MR) is 66.3 cm³/mol. The smallest absolute Gasteiger partial charge is 0.335 e. The molecule has 0 unspecified atom stereocenters. The number of benzene rings is 1. The largest absolute Gasteiger partial charge is 0.478 e. The Morgan fingerprint density at radius 2 is 2.11 bits per heavy atom. The van der Waals surface area contributed by atoms with Gasteiger partial charge in [0.25, 0.3) is 0 Å². The van der Waals surface area contributed by atoms with E-state index in [0.717, 1.165) is 0 Å². The van der Waals surface area contributed by atoms with Crippen LogP contribution in [0.1, 0.15) is 22.8 Å². The summed E-state index contributed by atoms with van der Waals surface area (Å²) in [5.74, 6) is -1.08. The van der Waals surface area contributed by atoms with Gasteiger partial charge in [-0.15, -0.1) is 0 Å². The van der Waals surface area contributed by atoms with Crippen molar-refractivity contribution in [2.24, 2.45) is 0 Å². The monoisotopic (exact) mass is 268 g/mol. The molecule has 0 aliphatic carbocycles. The van der Waals surface area contributed by atoms with Crippen molar-refractivity contribution in [1.82, 2.24) is 0 Å². The van der Waals surface area contributed by atoms with Crippen LogP contribution < -0.4 is 0 Å². The van der Waals surface area contributed by atoms with Crippen LogP contribution in [-0.4, -0.2) is 25.2 Å². The second-order valence-electron chi connectivity index (χ2n) is 3.95. The van der Waals surface area contributed by atoms with E-state index in [1.54, 1.807) is 13.0 Å². The third-order valence-corrected chi connectivity index (χ3v) is 4.35. The van der Waals surface area contributed by atoms with Gasteiger partial charge in [-0.1, -0.05) is 6.92 Å². The molecule has 0 bridgehead atoms. The normalized spacial score (nSPS) is 11.8. The molecule has 96 valence electrons. The summed E-state index contributed by atoms with van der Waals surface area (Å²) < 4.78 is 28.3. The highest BCUT2D eigenvalue weighted by Crippen LogP contribution is 2.24. The molecule has 2 aromatic rings. The summed E-state index contributed by atoms with van der Waals surface area (Å²) in [7, 11) is -3.14. The quantitative estimate of drug-likeness (QED) is 0.917. The van der Waals surface area contributed by atoms with E-state index in [-0.39, 0.29) is 17.1 Å². The Balaban J connectivity index is 2.47. The number of furan rings is 1. The van der Waals surface area contributed by atoms with E-state index in [9.17, 15) is 13.2 Å². The van der Waals surface area contributed by atoms with Crippen LogP contribution in [-0.2, 0) is 15.6 Å². The van der Waals surface area contributed by atoms with Crippen LogP contribution in [0.5, 0.6) is 0 Å². The highest BCUT2D eigenvalue weighted by Gasteiger charge is 2.15. The summed E-state index contributed by atoms with van der Waals surface area (Å²) in [6, 6.07) is 4.39. The molecule has 0 amide bonds. The number of carboxylic acids is 1. The van der Waals surface area contributed by atoms with Crippen molar-refractivity contribution in [1.29, 1.82) is 0 Å². The lowest BCUT2D eigenvalue weighted by Gasteiger charge is -1.99. The maximum Gasteiger partial charge on any atom is 0.335 e. The molecule has 1 heterocycles. The van der Waals surface area contributed by atoms with Crippen LogP contribution in [0, 0.1) is 0 Å². The molecule has 0 aliphatic heterocycles. The van der Waals surface area contributed by atoms with Gasteiger partial charge in [0.15, 0.2) is 9.84 Å². The van der Waals surface area contributed by atoms with Crippen molar-refractivity contribution in [2.45, 2.75) is 12.7 Å². The zero-order chi connectivity index (χ0) is 13.3. The SMILES string of the molecule is CCS(=O)(=O)Cc1coc2cc(C(=O)O)ccc12. The number of rotatable bonds is 4. The lowest BCUT2D eigenvalue weighted by Crippen LogP contribution is -2.06. The van der Waals surface area contributed by atoms with E-state index in [1.165, 1.54) is 18.4 Å². The number of hydrogen-bond donors (Lipinski definition) is 1. The Labute approximate surface area is 104 Å². The van der Waals surface area contributed by atoms with E-state index in [0.29, 0.717) is 16.5 Å². The van der Waals surface area contributed by atoms with Gasteiger partial charge in [-0.2, -0.15) is 0 Å². The minimum atomic E-state index is -3.14. The first-order chi connectivity index (χ1) is 8.43. The Morgan fingerprint density at radius 1 is 1.39 bits per heavy atom. The van der Waals surface area contributed by atoms with Crippen LogP contribution in [0.25, 0.3) is 11.0 Å². The molecule has 1 aromatic heterocycles. The number of fused-ring (bicyclic) bond motifs is 1. The van der Waals surface area contributed by atoms with E-state index < -0.39 is 15.8 Å². The molecule has 18 heavy (non-hydrogen) atoms. The highest BCUT2D eigenvalue weighted by atomic mass is 32.2. The van der Waals surface area contributed by atoms with E-state index in [4.69, 9.17) is 9.52 Å². The van der Waals surface area contributed by atoms with Gasteiger partial charge in [-0.25, -0.2) is 13.2 Å². The molecule has 0 saturated carbocycles. The zero-order valence-electron chi connectivity index (χ0n) is 9.71. The van der Waals surface area contributed by atoms with Gasteiger partial charge in [0.2, 0.25) is 0 Å². The molecule has 0 saturated heterocycles. The second-order valence-corrected chi connectivity index (χ2v) is 6.31. The Morgan fingerprint density at radius 3 is 2.72 bits per heavy atom. The Bertz CT molecular complexity index is 696. The molecule has 0 spiro atoms. The van der Waals surface area contributed by atoms with Gasteiger partial charge in [0.05, 0.1) is 17.6 Å². The van der Waals surface area contributed by atoms with Gasteiger partial charge in [0.1, 0.15) is 5.58 Å². The summed E-state index contributed by atoms with van der Waals surface area (Å²) in [6.07, 6.45) is 1.36. The van der Waals surface area contributed by atoms with Gasteiger partial charge >= 0.3 is 5.97 Å². The van der Waals surface area contributed by atoms with Crippen molar-refractivity contribution in [3.63, 3.8) is 0 Å². The number of carboxylic acid groups (broad SMARTS) is 1. The molecule has 2 rings (SSSR count). The molecular formula is C12H12O5S. The average molecular weight is 268 g/mol. The fourth-order valence-electron chi connectivity index (χ4n) is 1.67. The average Bonchev–Trinajstić information content (AvgIpc) is 2.71. The first kappa shape index (κ1) is 12.6. The van der Waals surface area contributed by atoms with Crippen molar-refractivity contribution in [3.05, 3.63) is 35.6 Å². The summed E-state index contributed by atoms with van der Waals surface area (Å²) in [4.78, 5) is 10.8. The van der Waals surface area contributed by atoms with Gasteiger partial charge < -0.3 is 9.52 Å². The minimum Gasteiger partial charge on any atom is -0.478 e. The van der Waals surface area contributed by atoms with Crippen LogP contribution in [0.3, 0.4) is 0 Å². The maximum absolute atomic E-state index is 11.5. The fourth-order valence-corrected chi connectivity index (χ4v) is 2.57. The fraction of sp³-hybridized carbons (Fsp3) is 0.250. The lowest BCUT2D eigenvalue weighted by molar-refractivity contribution is 0.0697. The van der Waals surface area contributed by atoms with Crippen LogP contribution in [0.15, 0.2) is 28.9 Å². The number of aromatic carboxylic acids is 1. The Kier molecular flexibility index (Phi) is 3.13. The van der Waals surface area contributed by atoms with Gasteiger partial charge in [0, 0.05) is 16.7 Å². The van der Waals surface area contributed by atoms with E-state index in [2.05, 4.69) is 0 Å². The predicted octanol–water partition coefficient (Wildman–Crippen LogP) is 2.07. The Hall–Kier alpha value is -1.82. The number of sulfone groups is 1. The zero-order valence-corrected chi connectivity index (χ0v) is 10.5. The number of hydrogen-bond acceptors (Lipinski definition) is 4. The summed E-state index contributed by atoms with van der Waals surface area (Å²) in [5.41, 5.74) is 1.06. The standard InChI is InChI=1S/C12H12O5S/c1-2-18(15,16)7-9-6-17-11-5-8(12(13)14)3-4-10(9)11/h3-6H,2,7H2,1H3,(H,13,14). The molecule has 0 fully saturated rings. The molecule has 1 N–H and O–H groups in total. The molecule has 5 nitrogen and oxygen atoms in total. The van der Waals surface area contributed by atoms with E-state index in [1.807, 2.05) is 0 Å². The molecule has 1 aromatic carbocycles. The van der Waals surface area contributed by atoms with Crippen molar-refractivity contribution >= 4 is 26.8 Å². The van der Waals surface area contributed by atoms with Crippen molar-refractivity contribution < 1.29 is 22.7 Å². The maximum atomic E-state index is 11.5.